The molecule has 2 aromatic rings. The Balaban J connectivity index is 1.54. The molecule has 30 heavy (non-hydrogen) atoms. The topological polar surface area (TPSA) is 92.5 Å². The van der Waals surface area contributed by atoms with Crippen LogP contribution in [-0.2, 0) is 21.3 Å². The Labute approximate surface area is 183 Å². The number of hydrogen-bond donors (Lipinski definition) is 1. The number of nitrogens with zero attached hydrogens (tertiary/aromatic N) is 2. The Hall–Kier alpha value is -1.97. The van der Waals surface area contributed by atoms with E-state index in [-0.39, 0.29) is 17.4 Å². The Morgan fingerprint density at radius 1 is 1.27 bits per heavy atom. The third-order valence-electron chi connectivity index (χ3n) is 4.84. The van der Waals surface area contributed by atoms with Crippen LogP contribution in [-0.4, -0.2) is 44.2 Å². The number of unbranched alkanes of at least 4 members (excludes halogenated alkanes) is 4. The molecule has 1 N–H and O–H groups in total. The fraction of sp³-hybridized carbons (Fsp3) is 0.476. The third kappa shape index (κ3) is 5.80. The first kappa shape index (κ1) is 22.7. The van der Waals surface area contributed by atoms with E-state index in [2.05, 4.69) is 17.4 Å². The number of amides is 1. The Morgan fingerprint density at radius 3 is 2.83 bits per heavy atom. The van der Waals surface area contributed by atoms with Crippen molar-refractivity contribution in [1.29, 1.82) is 0 Å². The van der Waals surface area contributed by atoms with E-state index >= 15 is 0 Å². The predicted molar refractivity (Wildman–Crippen MR) is 119 cm³/mol. The van der Waals surface area contributed by atoms with Gasteiger partial charge in [-0.1, -0.05) is 56.0 Å². The van der Waals surface area contributed by atoms with E-state index < -0.39 is 22.7 Å². The van der Waals surface area contributed by atoms with Gasteiger partial charge in [0.05, 0.1) is 5.75 Å². The molecule has 0 aliphatic carbocycles. The van der Waals surface area contributed by atoms with E-state index in [4.69, 9.17) is 4.52 Å². The smallest absolute Gasteiger partial charge is 0.251 e. The number of nitrogens with one attached hydrogen (secondary N) is 1. The number of aromatic nitrogens is 1. The fourth-order valence-electron chi connectivity index (χ4n) is 3.29. The standard InChI is InChI=1S/C21H27N3O4S2/c1-3-4-5-6-9-12-30(27)14-15-13-18(23-28-15)22-21(26)19-20(25)16-10-7-8-11-17(16)29-24(19)2/h7-8,10-11,13,19H,3-6,9,12,14H2,1-2H3,(H,22,23,26). The monoisotopic (exact) mass is 449 g/mol. The molecule has 0 radical (unpaired) electrons. The van der Waals surface area contributed by atoms with Gasteiger partial charge in [0.2, 0.25) is 0 Å². The first-order valence-corrected chi connectivity index (χ1v) is 12.4. The van der Waals surface area contributed by atoms with E-state index in [0.717, 1.165) is 17.7 Å². The average Bonchev–Trinajstić information content (AvgIpc) is 3.14. The Morgan fingerprint density at radius 2 is 2.03 bits per heavy atom. The molecule has 0 spiro atoms. The summed E-state index contributed by atoms with van der Waals surface area (Å²) in [7, 11) is 0.680. The number of carbonyl (C=O) groups is 2. The predicted octanol–water partition coefficient (Wildman–Crippen LogP) is 4.04. The van der Waals surface area contributed by atoms with Crippen LogP contribution >= 0.6 is 11.9 Å². The van der Waals surface area contributed by atoms with Gasteiger partial charge in [-0.15, -0.1) is 0 Å². The van der Waals surface area contributed by atoms with Crippen molar-refractivity contribution in [3.8, 4) is 0 Å². The number of ketones is 1. The number of fused-ring (bicyclic) bond motifs is 1. The summed E-state index contributed by atoms with van der Waals surface area (Å²) in [5.74, 6) is 0.852. The zero-order chi connectivity index (χ0) is 21.5. The van der Waals surface area contributed by atoms with Crippen molar-refractivity contribution in [3.63, 3.8) is 0 Å². The van der Waals surface area contributed by atoms with Crippen LogP contribution in [0.1, 0.15) is 55.1 Å². The molecule has 2 heterocycles. The Bertz CT molecular complexity index is 915. The maximum Gasteiger partial charge on any atom is 0.251 e. The fourth-order valence-corrected chi connectivity index (χ4v) is 5.42. The van der Waals surface area contributed by atoms with Gasteiger partial charge in [0.15, 0.2) is 23.4 Å². The molecule has 2 unspecified atom stereocenters. The molecule has 2 atom stereocenters. The number of likely N-dealkylation sites (N-methyl/N-ethyl adjacent to an activating group) is 1. The lowest BCUT2D eigenvalue weighted by Gasteiger charge is -2.30. The van der Waals surface area contributed by atoms with Crippen LogP contribution in [0.5, 0.6) is 0 Å². The van der Waals surface area contributed by atoms with Crippen molar-refractivity contribution in [2.24, 2.45) is 0 Å². The van der Waals surface area contributed by atoms with Gasteiger partial charge in [0.25, 0.3) is 5.91 Å². The first-order valence-electron chi connectivity index (χ1n) is 10.1. The molecule has 0 fully saturated rings. The highest BCUT2D eigenvalue weighted by Gasteiger charge is 2.37. The first-order chi connectivity index (χ1) is 14.5. The highest BCUT2D eigenvalue weighted by atomic mass is 32.2. The van der Waals surface area contributed by atoms with Gasteiger partial charge in [-0.05, 0) is 31.5 Å². The maximum atomic E-state index is 12.8. The normalized spacial score (nSPS) is 17.5. The van der Waals surface area contributed by atoms with Crippen molar-refractivity contribution in [2.75, 3.05) is 18.1 Å². The molecule has 1 aliphatic heterocycles. The van der Waals surface area contributed by atoms with Gasteiger partial charge >= 0.3 is 0 Å². The number of carbonyl (C=O) groups excluding carboxylic acids is 2. The van der Waals surface area contributed by atoms with Gasteiger partial charge < -0.3 is 9.84 Å². The quantitative estimate of drug-likeness (QED) is 0.332. The minimum atomic E-state index is -1.03. The second-order valence-corrected chi connectivity index (χ2v) is 10.0. The number of rotatable bonds is 10. The SMILES string of the molecule is CCCCCCCS(=O)Cc1cc(NC(=O)C2C(=O)c3ccccc3SN2C)no1. The summed E-state index contributed by atoms with van der Waals surface area (Å²) in [4.78, 5) is 26.3. The van der Waals surface area contributed by atoms with Crippen molar-refractivity contribution in [3.05, 3.63) is 41.7 Å². The Kier molecular flexibility index (Phi) is 8.24. The van der Waals surface area contributed by atoms with E-state index in [1.165, 1.54) is 31.2 Å². The van der Waals surface area contributed by atoms with Gasteiger partial charge in [-0.25, -0.2) is 4.31 Å². The lowest BCUT2D eigenvalue weighted by Crippen LogP contribution is -2.46. The van der Waals surface area contributed by atoms with Crippen LogP contribution in [0.3, 0.4) is 0 Å². The van der Waals surface area contributed by atoms with Gasteiger partial charge in [-0.3, -0.25) is 13.8 Å². The second-order valence-electron chi connectivity index (χ2n) is 7.27. The van der Waals surface area contributed by atoms with Gasteiger partial charge in [-0.2, -0.15) is 0 Å². The number of anilines is 1. The van der Waals surface area contributed by atoms with Crippen molar-refractivity contribution in [1.82, 2.24) is 9.46 Å². The van der Waals surface area contributed by atoms with Crippen LogP contribution in [0.25, 0.3) is 0 Å². The molecule has 0 saturated carbocycles. The van der Waals surface area contributed by atoms with Crippen LogP contribution in [0, 0.1) is 0 Å². The average molecular weight is 450 g/mol. The molecule has 1 aromatic carbocycles. The molecule has 1 amide bonds. The van der Waals surface area contributed by atoms with E-state index in [0.29, 0.717) is 17.1 Å². The molecule has 7 nitrogen and oxygen atoms in total. The third-order valence-corrected chi connectivity index (χ3v) is 7.25. The van der Waals surface area contributed by atoms with Crippen LogP contribution in [0.4, 0.5) is 5.82 Å². The summed E-state index contributed by atoms with van der Waals surface area (Å²) < 4.78 is 19.1. The molecule has 1 aromatic heterocycles. The summed E-state index contributed by atoms with van der Waals surface area (Å²) in [6.45, 7) is 2.17. The second kappa shape index (κ2) is 10.9. The van der Waals surface area contributed by atoms with Crippen molar-refractivity contribution >= 4 is 40.3 Å². The molecular weight excluding hydrogens is 422 g/mol. The zero-order valence-corrected chi connectivity index (χ0v) is 18.9. The summed E-state index contributed by atoms with van der Waals surface area (Å²) in [5, 5.41) is 6.49. The molecule has 9 heteroatoms. The molecule has 0 saturated heterocycles. The summed E-state index contributed by atoms with van der Waals surface area (Å²) >= 11 is 1.36. The maximum absolute atomic E-state index is 12.8. The molecule has 3 rings (SSSR count). The molecule has 0 bridgehead atoms. The van der Waals surface area contributed by atoms with E-state index in [1.807, 2.05) is 12.1 Å². The van der Waals surface area contributed by atoms with E-state index in [9.17, 15) is 13.8 Å². The number of benzene rings is 1. The lowest BCUT2D eigenvalue weighted by molar-refractivity contribution is -0.118. The molecular formula is C21H27N3O4S2. The largest absolute Gasteiger partial charge is 0.358 e. The van der Waals surface area contributed by atoms with Crippen LogP contribution in [0.2, 0.25) is 0 Å². The van der Waals surface area contributed by atoms with Crippen molar-refractivity contribution in [2.45, 2.75) is 55.7 Å². The summed E-state index contributed by atoms with van der Waals surface area (Å²) in [6, 6.07) is 7.84. The molecule has 1 aliphatic rings. The van der Waals surface area contributed by atoms with Gasteiger partial charge in [0.1, 0.15) is 0 Å². The lowest BCUT2D eigenvalue weighted by atomic mass is 10.0. The highest BCUT2D eigenvalue weighted by molar-refractivity contribution is 7.97. The van der Waals surface area contributed by atoms with E-state index in [1.54, 1.807) is 29.6 Å². The zero-order valence-electron chi connectivity index (χ0n) is 17.3. The summed E-state index contributed by atoms with van der Waals surface area (Å²) in [6.07, 6.45) is 5.58. The van der Waals surface area contributed by atoms with Crippen molar-refractivity contribution < 1.29 is 18.3 Å². The minimum absolute atomic E-state index is 0.222. The van der Waals surface area contributed by atoms with Crippen LogP contribution in [0.15, 0.2) is 39.8 Å². The van der Waals surface area contributed by atoms with Gasteiger partial charge in [0, 0.05) is 33.1 Å². The number of hydrogen-bond acceptors (Lipinski definition) is 7. The molecule has 162 valence electrons. The summed E-state index contributed by atoms with van der Waals surface area (Å²) in [5.41, 5.74) is 0.538. The minimum Gasteiger partial charge on any atom is -0.358 e. The van der Waals surface area contributed by atoms with Crippen LogP contribution < -0.4 is 5.32 Å². The number of Topliss-reactive ketones (excluding diaryl/α,β-unsaturated/α-hetero) is 1. The highest BCUT2D eigenvalue weighted by Crippen LogP contribution is 2.34.